The third-order valence-electron chi connectivity index (χ3n) is 3.31. The number of benzene rings is 1. The van der Waals surface area contributed by atoms with Crippen molar-refractivity contribution >= 4 is 17.7 Å². The van der Waals surface area contributed by atoms with E-state index in [1.54, 1.807) is 16.7 Å². The SMILES string of the molecule is CCC1(O)CN(C(=O)CCSc2ccccc2)C1. The number of nitrogens with zero attached hydrogens (tertiary/aromatic N) is 1. The summed E-state index contributed by atoms with van der Waals surface area (Å²) in [5.41, 5.74) is -0.623. The van der Waals surface area contributed by atoms with Crippen molar-refractivity contribution in [3.63, 3.8) is 0 Å². The quantitative estimate of drug-likeness (QED) is 0.829. The van der Waals surface area contributed by atoms with Crippen LogP contribution in [0, 0.1) is 0 Å². The predicted octanol–water partition coefficient (Wildman–Crippen LogP) is 2.15. The zero-order valence-electron chi connectivity index (χ0n) is 10.6. The van der Waals surface area contributed by atoms with Crippen LogP contribution in [-0.4, -0.2) is 40.4 Å². The van der Waals surface area contributed by atoms with Crippen LogP contribution < -0.4 is 0 Å². The van der Waals surface area contributed by atoms with Crippen LogP contribution in [-0.2, 0) is 4.79 Å². The summed E-state index contributed by atoms with van der Waals surface area (Å²) in [6, 6.07) is 10.1. The van der Waals surface area contributed by atoms with Gasteiger partial charge in [-0.1, -0.05) is 25.1 Å². The van der Waals surface area contributed by atoms with Gasteiger partial charge >= 0.3 is 0 Å². The molecule has 98 valence electrons. The number of thioether (sulfide) groups is 1. The van der Waals surface area contributed by atoms with E-state index < -0.39 is 5.60 Å². The van der Waals surface area contributed by atoms with Gasteiger partial charge in [0.2, 0.25) is 5.91 Å². The Labute approximate surface area is 112 Å². The third-order valence-corrected chi connectivity index (χ3v) is 4.32. The van der Waals surface area contributed by atoms with E-state index in [-0.39, 0.29) is 5.91 Å². The Bertz CT molecular complexity index is 402. The Morgan fingerprint density at radius 1 is 1.39 bits per heavy atom. The summed E-state index contributed by atoms with van der Waals surface area (Å²) < 4.78 is 0. The van der Waals surface area contributed by atoms with Crippen LogP contribution in [0.3, 0.4) is 0 Å². The Balaban J connectivity index is 1.68. The van der Waals surface area contributed by atoms with Gasteiger partial charge in [0.25, 0.3) is 0 Å². The van der Waals surface area contributed by atoms with Gasteiger partial charge < -0.3 is 10.0 Å². The second-order valence-corrected chi connectivity index (χ2v) is 5.91. The van der Waals surface area contributed by atoms with Gasteiger partial charge in [-0.15, -0.1) is 11.8 Å². The average molecular weight is 265 g/mol. The first-order valence-corrected chi connectivity index (χ1v) is 7.29. The number of likely N-dealkylation sites (tertiary alicyclic amines) is 1. The Morgan fingerprint density at radius 2 is 2.06 bits per heavy atom. The molecule has 1 fully saturated rings. The largest absolute Gasteiger partial charge is 0.386 e. The molecule has 0 aliphatic carbocycles. The van der Waals surface area contributed by atoms with Crippen LogP contribution in [0.25, 0.3) is 0 Å². The van der Waals surface area contributed by atoms with E-state index in [0.717, 1.165) is 12.2 Å². The van der Waals surface area contributed by atoms with Crippen LogP contribution in [0.4, 0.5) is 0 Å². The topological polar surface area (TPSA) is 40.5 Å². The smallest absolute Gasteiger partial charge is 0.223 e. The highest BCUT2D eigenvalue weighted by atomic mass is 32.2. The highest BCUT2D eigenvalue weighted by molar-refractivity contribution is 7.99. The zero-order chi connectivity index (χ0) is 13.0. The van der Waals surface area contributed by atoms with E-state index in [1.165, 1.54) is 4.90 Å². The Kier molecular flexibility index (Phi) is 4.30. The van der Waals surface area contributed by atoms with Gasteiger partial charge in [-0.05, 0) is 18.6 Å². The molecule has 3 nitrogen and oxygen atoms in total. The number of aliphatic hydroxyl groups is 1. The molecule has 0 aromatic heterocycles. The van der Waals surface area contributed by atoms with Gasteiger partial charge in [-0.2, -0.15) is 0 Å². The Morgan fingerprint density at radius 3 is 2.67 bits per heavy atom. The number of hydrogen-bond acceptors (Lipinski definition) is 3. The van der Waals surface area contributed by atoms with Crippen molar-refractivity contribution in [2.75, 3.05) is 18.8 Å². The molecule has 0 atom stereocenters. The zero-order valence-corrected chi connectivity index (χ0v) is 11.4. The highest BCUT2D eigenvalue weighted by Crippen LogP contribution is 2.25. The van der Waals surface area contributed by atoms with Crippen LogP contribution in [0.15, 0.2) is 35.2 Å². The predicted molar refractivity (Wildman–Crippen MR) is 73.6 cm³/mol. The summed E-state index contributed by atoms with van der Waals surface area (Å²) >= 11 is 1.70. The van der Waals surface area contributed by atoms with Crippen molar-refractivity contribution in [2.45, 2.75) is 30.3 Å². The number of β-amino-alcohol motifs (C(OH)–C–C–N with tert-alkyl or cyclic N) is 1. The number of carbonyl (C=O) groups is 1. The van der Waals surface area contributed by atoms with E-state index >= 15 is 0 Å². The minimum absolute atomic E-state index is 0.150. The van der Waals surface area contributed by atoms with Crippen molar-refractivity contribution in [3.05, 3.63) is 30.3 Å². The van der Waals surface area contributed by atoms with Crippen molar-refractivity contribution in [3.8, 4) is 0 Å². The average Bonchev–Trinajstić information content (AvgIpc) is 2.36. The summed E-state index contributed by atoms with van der Waals surface area (Å²) in [5.74, 6) is 0.945. The monoisotopic (exact) mass is 265 g/mol. The molecule has 1 heterocycles. The molecule has 1 aromatic rings. The molecular weight excluding hydrogens is 246 g/mol. The molecule has 0 spiro atoms. The first-order valence-electron chi connectivity index (χ1n) is 6.31. The first-order chi connectivity index (χ1) is 8.63. The van der Waals surface area contributed by atoms with Gasteiger partial charge in [0, 0.05) is 17.1 Å². The van der Waals surface area contributed by atoms with Crippen molar-refractivity contribution < 1.29 is 9.90 Å². The lowest BCUT2D eigenvalue weighted by atomic mass is 9.91. The normalized spacial score (nSPS) is 17.3. The van der Waals surface area contributed by atoms with Gasteiger partial charge in [-0.3, -0.25) is 4.79 Å². The summed E-state index contributed by atoms with van der Waals surface area (Å²) in [4.78, 5) is 14.8. The summed E-state index contributed by atoms with van der Waals surface area (Å²) in [6.07, 6.45) is 1.26. The van der Waals surface area contributed by atoms with Gasteiger partial charge in [0.05, 0.1) is 18.7 Å². The molecular formula is C14H19NO2S. The third kappa shape index (κ3) is 3.27. The number of carbonyl (C=O) groups excluding carboxylic acids is 1. The number of rotatable bonds is 5. The van der Waals surface area contributed by atoms with Crippen LogP contribution >= 0.6 is 11.8 Å². The molecule has 0 bridgehead atoms. The molecule has 1 aliphatic rings. The highest BCUT2D eigenvalue weighted by Gasteiger charge is 2.41. The van der Waals surface area contributed by atoms with Gasteiger partial charge in [-0.25, -0.2) is 0 Å². The van der Waals surface area contributed by atoms with Gasteiger partial charge in [0.1, 0.15) is 0 Å². The van der Waals surface area contributed by atoms with Crippen LogP contribution in [0.5, 0.6) is 0 Å². The number of amides is 1. The van der Waals surface area contributed by atoms with Crippen molar-refractivity contribution in [1.29, 1.82) is 0 Å². The lowest BCUT2D eigenvalue weighted by Gasteiger charge is -2.46. The van der Waals surface area contributed by atoms with E-state index in [0.29, 0.717) is 19.5 Å². The molecule has 4 heteroatoms. The van der Waals surface area contributed by atoms with Gasteiger partial charge in [0.15, 0.2) is 0 Å². The lowest BCUT2D eigenvalue weighted by molar-refractivity contribution is -0.155. The molecule has 1 N–H and O–H groups in total. The fourth-order valence-corrected chi connectivity index (χ4v) is 2.86. The molecule has 0 unspecified atom stereocenters. The first kappa shape index (κ1) is 13.4. The summed E-state index contributed by atoms with van der Waals surface area (Å²) in [6.45, 7) is 2.95. The lowest BCUT2D eigenvalue weighted by Crippen LogP contribution is -2.63. The van der Waals surface area contributed by atoms with Crippen LogP contribution in [0.2, 0.25) is 0 Å². The second-order valence-electron chi connectivity index (χ2n) is 4.74. The van der Waals surface area contributed by atoms with E-state index in [2.05, 4.69) is 12.1 Å². The maximum Gasteiger partial charge on any atom is 0.223 e. The maximum atomic E-state index is 11.8. The molecule has 1 aliphatic heterocycles. The molecule has 2 rings (SSSR count). The molecule has 18 heavy (non-hydrogen) atoms. The molecule has 1 saturated heterocycles. The summed E-state index contributed by atoms with van der Waals surface area (Å²) in [7, 11) is 0. The van der Waals surface area contributed by atoms with E-state index in [4.69, 9.17) is 0 Å². The molecule has 1 amide bonds. The minimum atomic E-state index is -0.623. The van der Waals surface area contributed by atoms with E-state index in [9.17, 15) is 9.90 Å². The van der Waals surface area contributed by atoms with Crippen molar-refractivity contribution in [1.82, 2.24) is 4.90 Å². The van der Waals surface area contributed by atoms with E-state index in [1.807, 2.05) is 25.1 Å². The minimum Gasteiger partial charge on any atom is -0.386 e. The number of hydrogen-bond donors (Lipinski definition) is 1. The fourth-order valence-electron chi connectivity index (χ4n) is 2.00. The standard InChI is InChI=1S/C14H19NO2S/c1-2-14(17)10-15(11-14)13(16)8-9-18-12-6-4-3-5-7-12/h3-7,17H,2,8-11H2,1H3. The Hall–Kier alpha value is -1.00. The maximum absolute atomic E-state index is 11.8. The second kappa shape index (κ2) is 5.76. The van der Waals surface area contributed by atoms with Crippen LogP contribution in [0.1, 0.15) is 19.8 Å². The molecule has 0 radical (unpaired) electrons. The van der Waals surface area contributed by atoms with Crippen molar-refractivity contribution in [2.24, 2.45) is 0 Å². The summed E-state index contributed by atoms with van der Waals surface area (Å²) in [5, 5.41) is 9.84. The molecule has 0 saturated carbocycles. The molecule has 1 aromatic carbocycles. The fraction of sp³-hybridized carbons (Fsp3) is 0.500.